The summed E-state index contributed by atoms with van der Waals surface area (Å²) in [5.74, 6) is -1.36. The highest BCUT2D eigenvalue weighted by Crippen LogP contribution is 2.29. The Morgan fingerprint density at radius 2 is 1.16 bits per heavy atom. The molecule has 0 aromatic heterocycles. The van der Waals surface area contributed by atoms with Crippen molar-refractivity contribution in [3.63, 3.8) is 0 Å². The second-order valence-electron chi connectivity index (χ2n) is 5.41. The summed E-state index contributed by atoms with van der Waals surface area (Å²) in [5.41, 5.74) is -0.153. The molecule has 7 heteroatoms. The van der Waals surface area contributed by atoms with Gasteiger partial charge >= 0.3 is 0 Å². The van der Waals surface area contributed by atoms with Crippen LogP contribution < -0.4 is 0 Å². The Hall–Kier alpha value is -2.67. The molecule has 2 aromatic carbocycles. The first-order chi connectivity index (χ1) is 11.7. The molecule has 0 radical (unpaired) electrons. The second kappa shape index (κ2) is 7.06. The van der Waals surface area contributed by atoms with Gasteiger partial charge in [0.1, 0.15) is 11.5 Å². The molecule has 0 aliphatic heterocycles. The topological polar surface area (TPSA) is 109 Å². The van der Waals surface area contributed by atoms with Gasteiger partial charge in [-0.25, -0.2) is 8.42 Å². The normalized spacial score (nSPS) is 11.3. The summed E-state index contributed by atoms with van der Waals surface area (Å²) in [6.45, 7) is 3.21. The molecule has 0 saturated heterocycles. The molecule has 0 amide bonds. The standard InChI is InChI=1S/C18H18O6S/c1-3-15(19)13-9-11(5-7-17(13)21)25(23,24)12-6-8-18(22)14(10-12)16(20)4-2/h5-10,21-22H,3-4H2,1-2H3. The lowest BCUT2D eigenvalue weighted by atomic mass is 10.1. The van der Waals surface area contributed by atoms with E-state index in [-0.39, 0.29) is 56.8 Å². The van der Waals surface area contributed by atoms with Crippen LogP contribution in [0.15, 0.2) is 46.2 Å². The Kier molecular flexibility index (Phi) is 5.27. The van der Waals surface area contributed by atoms with E-state index in [1.54, 1.807) is 13.8 Å². The monoisotopic (exact) mass is 362 g/mol. The number of ketones is 2. The highest BCUT2D eigenvalue weighted by Gasteiger charge is 2.23. The van der Waals surface area contributed by atoms with Crippen molar-refractivity contribution in [1.82, 2.24) is 0 Å². The fraction of sp³-hybridized carbons (Fsp3) is 0.222. The molecule has 132 valence electrons. The zero-order chi connectivity index (χ0) is 18.8. The molecule has 0 aliphatic carbocycles. The molecular weight excluding hydrogens is 344 g/mol. The number of Topliss-reactive ketones (excluding diaryl/α,β-unsaturated/α-hetero) is 2. The number of hydrogen-bond donors (Lipinski definition) is 2. The zero-order valence-electron chi connectivity index (χ0n) is 13.8. The van der Waals surface area contributed by atoms with Crippen LogP contribution in [0.4, 0.5) is 0 Å². The van der Waals surface area contributed by atoms with E-state index in [9.17, 15) is 28.2 Å². The summed E-state index contributed by atoms with van der Waals surface area (Å²) in [6.07, 6.45) is 0.233. The van der Waals surface area contributed by atoms with Crippen LogP contribution in [0.3, 0.4) is 0 Å². The van der Waals surface area contributed by atoms with E-state index < -0.39 is 9.84 Å². The lowest BCUT2D eigenvalue weighted by molar-refractivity contribution is 0.0977. The molecule has 0 heterocycles. The maximum Gasteiger partial charge on any atom is 0.206 e. The van der Waals surface area contributed by atoms with Crippen molar-refractivity contribution in [2.75, 3.05) is 0 Å². The van der Waals surface area contributed by atoms with E-state index in [4.69, 9.17) is 0 Å². The van der Waals surface area contributed by atoms with Crippen molar-refractivity contribution in [3.8, 4) is 11.5 Å². The van der Waals surface area contributed by atoms with Crippen LogP contribution in [0, 0.1) is 0 Å². The first kappa shape index (κ1) is 18.7. The highest BCUT2D eigenvalue weighted by molar-refractivity contribution is 7.91. The summed E-state index contributed by atoms with van der Waals surface area (Å²) in [5, 5.41) is 19.5. The maximum absolute atomic E-state index is 12.8. The van der Waals surface area contributed by atoms with E-state index in [2.05, 4.69) is 0 Å². The fourth-order valence-electron chi connectivity index (χ4n) is 2.33. The van der Waals surface area contributed by atoms with Gasteiger partial charge in [-0.2, -0.15) is 0 Å². The average Bonchev–Trinajstić information content (AvgIpc) is 2.60. The van der Waals surface area contributed by atoms with Gasteiger partial charge < -0.3 is 10.2 Å². The highest BCUT2D eigenvalue weighted by atomic mass is 32.2. The first-order valence-electron chi connectivity index (χ1n) is 7.69. The van der Waals surface area contributed by atoms with Gasteiger partial charge in [-0.1, -0.05) is 13.8 Å². The molecule has 2 rings (SSSR count). The smallest absolute Gasteiger partial charge is 0.206 e. The van der Waals surface area contributed by atoms with Crippen molar-refractivity contribution >= 4 is 21.4 Å². The van der Waals surface area contributed by atoms with Gasteiger partial charge in [0, 0.05) is 12.8 Å². The third-order valence-electron chi connectivity index (χ3n) is 3.80. The van der Waals surface area contributed by atoms with Crippen LogP contribution in [-0.2, 0) is 9.84 Å². The maximum atomic E-state index is 12.8. The Bertz CT molecular complexity index is 873. The van der Waals surface area contributed by atoms with Gasteiger partial charge in [-0.05, 0) is 36.4 Å². The molecule has 6 nitrogen and oxygen atoms in total. The molecular formula is C18H18O6S. The van der Waals surface area contributed by atoms with Crippen LogP contribution in [-0.4, -0.2) is 30.2 Å². The van der Waals surface area contributed by atoms with E-state index in [1.165, 1.54) is 12.1 Å². The molecule has 2 aromatic rings. The summed E-state index contributed by atoms with van der Waals surface area (Å²) in [7, 11) is -4.03. The number of carbonyl (C=O) groups is 2. The van der Waals surface area contributed by atoms with Crippen molar-refractivity contribution in [3.05, 3.63) is 47.5 Å². The Labute approximate surface area is 145 Å². The number of aromatic hydroxyl groups is 2. The van der Waals surface area contributed by atoms with Gasteiger partial charge in [0.15, 0.2) is 11.6 Å². The van der Waals surface area contributed by atoms with Crippen LogP contribution in [0.2, 0.25) is 0 Å². The van der Waals surface area contributed by atoms with Crippen molar-refractivity contribution in [1.29, 1.82) is 0 Å². The Balaban J connectivity index is 2.60. The van der Waals surface area contributed by atoms with Gasteiger partial charge in [0.25, 0.3) is 0 Å². The summed E-state index contributed by atoms with van der Waals surface area (Å²) < 4.78 is 25.6. The number of rotatable bonds is 6. The molecule has 0 saturated carbocycles. The van der Waals surface area contributed by atoms with Gasteiger partial charge in [0.2, 0.25) is 9.84 Å². The minimum Gasteiger partial charge on any atom is -0.507 e. The number of sulfone groups is 1. The third-order valence-corrected chi connectivity index (χ3v) is 5.55. The predicted octanol–water partition coefficient (Wildman–Crippen LogP) is 3.12. The summed E-state index contributed by atoms with van der Waals surface area (Å²) >= 11 is 0. The molecule has 25 heavy (non-hydrogen) atoms. The minimum absolute atomic E-state index is 0.0767. The van der Waals surface area contributed by atoms with Gasteiger partial charge in [-0.3, -0.25) is 9.59 Å². The van der Waals surface area contributed by atoms with Gasteiger partial charge in [-0.15, -0.1) is 0 Å². The van der Waals surface area contributed by atoms with Crippen LogP contribution in [0.1, 0.15) is 47.4 Å². The fourth-order valence-corrected chi connectivity index (χ4v) is 3.64. The second-order valence-corrected chi connectivity index (χ2v) is 7.36. The molecule has 0 aliphatic rings. The van der Waals surface area contributed by atoms with E-state index in [1.807, 2.05) is 0 Å². The molecule has 2 N–H and O–H groups in total. The van der Waals surface area contributed by atoms with E-state index in [0.717, 1.165) is 24.3 Å². The van der Waals surface area contributed by atoms with E-state index >= 15 is 0 Å². The number of phenols is 2. The largest absolute Gasteiger partial charge is 0.507 e. The summed E-state index contributed by atoms with van der Waals surface area (Å²) in [6, 6.07) is 6.90. The molecule has 0 spiro atoms. The predicted molar refractivity (Wildman–Crippen MR) is 90.9 cm³/mol. The average molecular weight is 362 g/mol. The SMILES string of the molecule is CCC(=O)c1cc(S(=O)(=O)c2ccc(O)c(C(=O)CC)c2)ccc1O. The first-order valence-corrected chi connectivity index (χ1v) is 9.18. The Morgan fingerprint density at radius 1 is 0.800 bits per heavy atom. The van der Waals surface area contributed by atoms with Crippen molar-refractivity contribution in [2.45, 2.75) is 36.5 Å². The number of phenolic OH excluding ortho intramolecular Hbond substituents is 2. The van der Waals surface area contributed by atoms with E-state index in [0.29, 0.717) is 0 Å². The molecule has 0 atom stereocenters. The number of hydrogen-bond acceptors (Lipinski definition) is 6. The minimum atomic E-state index is -4.03. The molecule has 0 fully saturated rings. The Morgan fingerprint density at radius 3 is 1.48 bits per heavy atom. The molecule has 0 unspecified atom stereocenters. The van der Waals surface area contributed by atoms with Crippen LogP contribution in [0.25, 0.3) is 0 Å². The van der Waals surface area contributed by atoms with Crippen LogP contribution in [0.5, 0.6) is 11.5 Å². The van der Waals surface area contributed by atoms with Crippen LogP contribution >= 0.6 is 0 Å². The van der Waals surface area contributed by atoms with Crippen molar-refractivity contribution in [2.24, 2.45) is 0 Å². The number of benzene rings is 2. The lowest BCUT2D eigenvalue weighted by Crippen LogP contribution is -2.07. The zero-order valence-corrected chi connectivity index (χ0v) is 14.6. The quantitative estimate of drug-likeness (QED) is 0.764. The van der Waals surface area contributed by atoms with Crippen molar-refractivity contribution < 1.29 is 28.2 Å². The van der Waals surface area contributed by atoms with Gasteiger partial charge in [0.05, 0.1) is 20.9 Å². The number of carbonyl (C=O) groups excluding carboxylic acids is 2. The lowest BCUT2D eigenvalue weighted by Gasteiger charge is -2.10. The summed E-state index contributed by atoms with van der Waals surface area (Å²) in [4.78, 5) is 23.3. The molecule has 0 bridgehead atoms. The third kappa shape index (κ3) is 3.56.